The summed E-state index contributed by atoms with van der Waals surface area (Å²) in [5.74, 6) is -1.02. The molecule has 1 saturated heterocycles. The lowest BCUT2D eigenvalue weighted by Crippen LogP contribution is -2.41. The van der Waals surface area contributed by atoms with Crippen molar-refractivity contribution in [3.63, 3.8) is 0 Å². The van der Waals surface area contributed by atoms with Crippen molar-refractivity contribution in [3.05, 3.63) is 29.8 Å². The minimum Gasteiger partial charge on any atom is -0.478 e. The van der Waals surface area contributed by atoms with Crippen molar-refractivity contribution in [2.24, 2.45) is 5.41 Å². The van der Waals surface area contributed by atoms with Gasteiger partial charge in [0.2, 0.25) is 0 Å². The summed E-state index contributed by atoms with van der Waals surface area (Å²) in [5, 5.41) is 14.4. The van der Waals surface area contributed by atoms with E-state index < -0.39 is 5.97 Å². The predicted molar refractivity (Wildman–Crippen MR) is 78.6 cm³/mol. The zero-order chi connectivity index (χ0) is 15.3. The smallest absolute Gasteiger partial charge is 0.335 e. The molecule has 1 fully saturated rings. The lowest BCUT2D eigenvalue weighted by molar-refractivity contribution is 0.0254. The number of nitrogens with one attached hydrogen (secondary N) is 2. The summed E-state index contributed by atoms with van der Waals surface area (Å²) in [7, 11) is 0. The van der Waals surface area contributed by atoms with Gasteiger partial charge in [0.1, 0.15) is 0 Å². The molecule has 0 unspecified atom stereocenters. The molecule has 114 valence electrons. The van der Waals surface area contributed by atoms with E-state index in [1.165, 1.54) is 12.1 Å². The molecule has 0 spiro atoms. The molecule has 3 N–H and O–H groups in total. The Morgan fingerprint density at radius 1 is 1.33 bits per heavy atom. The average Bonchev–Trinajstić information content (AvgIpc) is 2.46. The molecule has 2 rings (SSSR count). The number of carbonyl (C=O) groups is 2. The van der Waals surface area contributed by atoms with Crippen LogP contribution in [0.4, 0.5) is 10.5 Å². The summed E-state index contributed by atoms with van der Waals surface area (Å²) in [5.41, 5.74) is 0.659. The minimum absolute atomic E-state index is 0.0541. The zero-order valence-electron chi connectivity index (χ0n) is 12.0. The van der Waals surface area contributed by atoms with Gasteiger partial charge in [-0.2, -0.15) is 0 Å². The van der Waals surface area contributed by atoms with Crippen LogP contribution in [0.15, 0.2) is 24.3 Å². The number of rotatable bonds is 4. The molecule has 6 heteroatoms. The summed E-state index contributed by atoms with van der Waals surface area (Å²) in [4.78, 5) is 22.8. The van der Waals surface area contributed by atoms with Gasteiger partial charge in [-0.25, -0.2) is 9.59 Å². The fourth-order valence-electron chi connectivity index (χ4n) is 2.24. The number of aromatic carboxylic acids is 1. The van der Waals surface area contributed by atoms with E-state index in [4.69, 9.17) is 9.84 Å². The second kappa shape index (κ2) is 6.58. The monoisotopic (exact) mass is 292 g/mol. The number of ether oxygens (including phenoxy) is 1. The van der Waals surface area contributed by atoms with Gasteiger partial charge >= 0.3 is 12.0 Å². The van der Waals surface area contributed by atoms with Crippen molar-refractivity contribution in [3.8, 4) is 0 Å². The summed E-state index contributed by atoms with van der Waals surface area (Å²) in [6.45, 7) is 4.14. The number of urea groups is 1. The first-order valence-corrected chi connectivity index (χ1v) is 6.94. The number of amides is 2. The van der Waals surface area contributed by atoms with Gasteiger partial charge in [0, 0.05) is 25.4 Å². The van der Waals surface area contributed by atoms with E-state index in [0.717, 1.165) is 26.1 Å². The Kier molecular flexibility index (Phi) is 4.80. The van der Waals surface area contributed by atoms with E-state index >= 15 is 0 Å². The fraction of sp³-hybridized carbons (Fsp3) is 0.467. The molecule has 1 aromatic rings. The number of carbonyl (C=O) groups excluding carboxylic acids is 1. The number of hydrogen-bond donors (Lipinski definition) is 3. The quantitative estimate of drug-likeness (QED) is 0.794. The Morgan fingerprint density at radius 2 is 2.05 bits per heavy atom. The highest BCUT2D eigenvalue weighted by Gasteiger charge is 2.27. The van der Waals surface area contributed by atoms with Crippen LogP contribution in [0.5, 0.6) is 0 Å². The Balaban J connectivity index is 1.87. The van der Waals surface area contributed by atoms with Crippen LogP contribution >= 0.6 is 0 Å². The van der Waals surface area contributed by atoms with E-state index in [9.17, 15) is 9.59 Å². The normalized spacial score (nSPS) is 17.0. The molecule has 1 heterocycles. The summed E-state index contributed by atoms with van der Waals surface area (Å²) < 4.78 is 5.32. The van der Waals surface area contributed by atoms with Crippen LogP contribution in [0.3, 0.4) is 0 Å². The molecule has 1 aliphatic rings. The maximum atomic E-state index is 11.9. The molecular formula is C15H20N2O4. The molecule has 0 aromatic heterocycles. The Morgan fingerprint density at radius 3 is 2.71 bits per heavy atom. The molecular weight excluding hydrogens is 272 g/mol. The highest BCUT2D eigenvalue weighted by Crippen LogP contribution is 2.28. The Labute approximate surface area is 123 Å². The second-order valence-electron chi connectivity index (χ2n) is 5.62. The van der Waals surface area contributed by atoms with Crippen LogP contribution in [0, 0.1) is 5.41 Å². The molecule has 0 bridgehead atoms. The molecule has 0 atom stereocenters. The molecule has 21 heavy (non-hydrogen) atoms. The molecule has 0 saturated carbocycles. The van der Waals surface area contributed by atoms with E-state index in [0.29, 0.717) is 12.2 Å². The SMILES string of the molecule is CC1(CNC(=O)Nc2cccc(C(=O)O)c2)CCOCC1. The third-order valence-corrected chi connectivity index (χ3v) is 3.74. The van der Waals surface area contributed by atoms with Crippen LogP contribution in [0.1, 0.15) is 30.1 Å². The molecule has 6 nitrogen and oxygen atoms in total. The third-order valence-electron chi connectivity index (χ3n) is 3.74. The van der Waals surface area contributed by atoms with Crippen molar-refractivity contribution < 1.29 is 19.4 Å². The number of benzene rings is 1. The Hall–Kier alpha value is -2.08. The first-order chi connectivity index (χ1) is 9.98. The van der Waals surface area contributed by atoms with Crippen LogP contribution in [0.2, 0.25) is 0 Å². The van der Waals surface area contributed by atoms with Gasteiger partial charge in [0.25, 0.3) is 0 Å². The maximum absolute atomic E-state index is 11.9. The first kappa shape index (κ1) is 15.3. The van der Waals surface area contributed by atoms with Gasteiger partial charge in [-0.1, -0.05) is 13.0 Å². The minimum atomic E-state index is -1.02. The summed E-state index contributed by atoms with van der Waals surface area (Å²) >= 11 is 0. The Bertz CT molecular complexity index is 524. The van der Waals surface area contributed by atoms with Gasteiger partial charge in [-0.3, -0.25) is 0 Å². The standard InChI is InChI=1S/C15H20N2O4/c1-15(5-7-21-8-6-15)10-16-14(20)17-12-4-2-3-11(9-12)13(18)19/h2-4,9H,5-8,10H2,1H3,(H,18,19)(H2,16,17,20). The largest absolute Gasteiger partial charge is 0.478 e. The predicted octanol–water partition coefficient (Wildman–Crippen LogP) is 2.32. The average molecular weight is 292 g/mol. The summed E-state index contributed by atoms with van der Waals surface area (Å²) in [6, 6.07) is 5.83. The van der Waals surface area contributed by atoms with Crippen LogP contribution in [-0.4, -0.2) is 36.9 Å². The van der Waals surface area contributed by atoms with Crippen LogP contribution in [-0.2, 0) is 4.74 Å². The van der Waals surface area contributed by atoms with Gasteiger partial charge in [-0.05, 0) is 36.5 Å². The van der Waals surface area contributed by atoms with Crippen molar-refractivity contribution in [2.45, 2.75) is 19.8 Å². The number of carboxylic acid groups (broad SMARTS) is 1. The van der Waals surface area contributed by atoms with Gasteiger partial charge in [0.05, 0.1) is 5.56 Å². The zero-order valence-corrected chi connectivity index (χ0v) is 12.0. The van der Waals surface area contributed by atoms with Crippen LogP contribution in [0.25, 0.3) is 0 Å². The molecule has 0 radical (unpaired) electrons. The van der Waals surface area contributed by atoms with E-state index in [1.54, 1.807) is 12.1 Å². The fourth-order valence-corrected chi connectivity index (χ4v) is 2.24. The third kappa shape index (κ3) is 4.46. The van der Waals surface area contributed by atoms with Gasteiger partial charge in [0.15, 0.2) is 0 Å². The van der Waals surface area contributed by atoms with Gasteiger partial charge in [-0.15, -0.1) is 0 Å². The molecule has 1 aliphatic heterocycles. The van der Waals surface area contributed by atoms with Crippen molar-refractivity contribution in [1.29, 1.82) is 0 Å². The second-order valence-corrected chi connectivity index (χ2v) is 5.62. The molecule has 1 aromatic carbocycles. The van der Waals surface area contributed by atoms with E-state index in [2.05, 4.69) is 17.6 Å². The maximum Gasteiger partial charge on any atom is 0.335 e. The van der Waals surface area contributed by atoms with Crippen molar-refractivity contribution in [1.82, 2.24) is 5.32 Å². The number of carboxylic acids is 1. The number of hydrogen-bond acceptors (Lipinski definition) is 3. The summed E-state index contributed by atoms with van der Waals surface area (Å²) in [6.07, 6.45) is 1.84. The molecule has 2 amide bonds. The topological polar surface area (TPSA) is 87.7 Å². The lowest BCUT2D eigenvalue weighted by atomic mass is 9.82. The van der Waals surface area contributed by atoms with E-state index in [-0.39, 0.29) is 17.0 Å². The highest BCUT2D eigenvalue weighted by atomic mass is 16.5. The first-order valence-electron chi connectivity index (χ1n) is 6.94. The van der Waals surface area contributed by atoms with Crippen molar-refractivity contribution >= 4 is 17.7 Å². The van der Waals surface area contributed by atoms with Crippen molar-refractivity contribution in [2.75, 3.05) is 25.1 Å². The lowest BCUT2D eigenvalue weighted by Gasteiger charge is -2.33. The van der Waals surface area contributed by atoms with Crippen LogP contribution < -0.4 is 10.6 Å². The number of anilines is 1. The highest BCUT2D eigenvalue weighted by molar-refractivity contribution is 5.93. The molecule has 0 aliphatic carbocycles. The van der Waals surface area contributed by atoms with E-state index in [1.807, 2.05) is 0 Å². The van der Waals surface area contributed by atoms with Gasteiger partial charge < -0.3 is 20.5 Å².